The van der Waals surface area contributed by atoms with Gasteiger partial charge in [-0.2, -0.15) is 19.6 Å². The second-order valence-corrected chi connectivity index (χ2v) is 10.7. The first kappa shape index (κ1) is 27.6. The standard InChI is InChI=1S/C29H38N8O3/c1-4-25(38)36-13-6-5-12-24(36)27(39)32-21-10-7-9-20(15-21)16-30-29-35-28(33-22-11-8-14-40-18-22)34-26-23(19(2)3)17-31-37(26)29/h4,7,9-10,15,17,19,22,24H,1,5-6,8,11-14,16,18H2,2-3H3,(H,32,39)(H2,30,33,34,35). The maximum Gasteiger partial charge on any atom is 0.247 e. The Kier molecular flexibility index (Phi) is 8.59. The third-order valence-corrected chi connectivity index (χ3v) is 7.42. The maximum atomic E-state index is 13.1. The van der Waals surface area contributed by atoms with Crippen molar-refractivity contribution in [3.8, 4) is 0 Å². The molecular weight excluding hydrogens is 508 g/mol. The molecule has 1 aromatic carbocycles. The zero-order valence-corrected chi connectivity index (χ0v) is 23.2. The van der Waals surface area contributed by atoms with Gasteiger partial charge in [0.05, 0.1) is 18.8 Å². The molecule has 2 unspecified atom stereocenters. The summed E-state index contributed by atoms with van der Waals surface area (Å²) in [5.41, 5.74) is 3.44. The number of aromatic nitrogens is 4. The molecule has 0 spiro atoms. The van der Waals surface area contributed by atoms with Crippen LogP contribution in [0.15, 0.2) is 43.1 Å². The zero-order chi connectivity index (χ0) is 28.1. The number of anilines is 3. The van der Waals surface area contributed by atoms with Crippen LogP contribution in [0.2, 0.25) is 0 Å². The maximum absolute atomic E-state index is 13.1. The Balaban J connectivity index is 1.31. The number of likely N-dealkylation sites (tertiary alicyclic amines) is 1. The van der Waals surface area contributed by atoms with Crippen LogP contribution in [0.5, 0.6) is 0 Å². The van der Waals surface area contributed by atoms with E-state index in [1.807, 2.05) is 30.5 Å². The van der Waals surface area contributed by atoms with Crippen LogP contribution in [-0.2, 0) is 20.9 Å². The summed E-state index contributed by atoms with van der Waals surface area (Å²) in [6, 6.07) is 7.32. The highest BCUT2D eigenvalue weighted by Crippen LogP contribution is 2.24. The molecule has 2 saturated heterocycles. The minimum atomic E-state index is -0.495. The number of piperidine rings is 1. The molecule has 2 amide bonds. The molecule has 11 heteroatoms. The van der Waals surface area contributed by atoms with E-state index < -0.39 is 6.04 Å². The number of benzene rings is 1. The molecule has 2 aliphatic rings. The van der Waals surface area contributed by atoms with Crippen LogP contribution in [0.25, 0.3) is 5.65 Å². The van der Waals surface area contributed by atoms with E-state index in [9.17, 15) is 9.59 Å². The number of carbonyl (C=O) groups is 2. The van der Waals surface area contributed by atoms with Crippen molar-refractivity contribution >= 4 is 35.0 Å². The molecule has 212 valence electrons. The number of hydrogen-bond acceptors (Lipinski definition) is 8. The van der Waals surface area contributed by atoms with Crippen molar-refractivity contribution in [3.63, 3.8) is 0 Å². The van der Waals surface area contributed by atoms with Gasteiger partial charge in [0.25, 0.3) is 0 Å². The Morgan fingerprint density at radius 1 is 1.20 bits per heavy atom. The number of nitrogens with zero attached hydrogens (tertiary/aromatic N) is 5. The Morgan fingerprint density at radius 3 is 2.85 bits per heavy atom. The van der Waals surface area contributed by atoms with Gasteiger partial charge in [0.15, 0.2) is 5.65 Å². The van der Waals surface area contributed by atoms with E-state index in [1.165, 1.54) is 6.08 Å². The van der Waals surface area contributed by atoms with Crippen LogP contribution >= 0.6 is 0 Å². The van der Waals surface area contributed by atoms with E-state index >= 15 is 0 Å². The fourth-order valence-electron chi connectivity index (χ4n) is 5.27. The van der Waals surface area contributed by atoms with E-state index in [0.29, 0.717) is 43.7 Å². The number of ether oxygens (including phenoxy) is 1. The van der Waals surface area contributed by atoms with E-state index in [1.54, 1.807) is 9.42 Å². The molecule has 11 nitrogen and oxygen atoms in total. The summed E-state index contributed by atoms with van der Waals surface area (Å²) < 4.78 is 7.35. The Hall–Kier alpha value is -3.99. The van der Waals surface area contributed by atoms with E-state index in [4.69, 9.17) is 14.7 Å². The summed E-state index contributed by atoms with van der Waals surface area (Å²) in [6.07, 6.45) is 7.57. The Bertz CT molecular complexity index is 1360. The number of nitrogens with one attached hydrogen (secondary N) is 3. The van der Waals surface area contributed by atoms with E-state index in [-0.39, 0.29) is 23.8 Å². The predicted octanol–water partition coefficient (Wildman–Crippen LogP) is 3.96. The van der Waals surface area contributed by atoms with E-state index in [2.05, 4.69) is 41.5 Å². The molecule has 2 atom stereocenters. The van der Waals surface area contributed by atoms with Crippen molar-refractivity contribution in [2.45, 2.75) is 70.5 Å². The first-order valence-corrected chi connectivity index (χ1v) is 14.1. The first-order valence-electron chi connectivity index (χ1n) is 14.1. The normalized spacial score (nSPS) is 19.4. The van der Waals surface area contributed by atoms with Crippen LogP contribution in [0.1, 0.15) is 63.0 Å². The summed E-state index contributed by atoms with van der Waals surface area (Å²) in [5, 5.41) is 14.4. The highest BCUT2D eigenvalue weighted by molar-refractivity contribution is 5.99. The summed E-state index contributed by atoms with van der Waals surface area (Å²) in [4.78, 5) is 36.5. The van der Waals surface area contributed by atoms with Gasteiger partial charge in [-0.15, -0.1) is 0 Å². The average Bonchev–Trinajstić information content (AvgIpc) is 3.41. The van der Waals surface area contributed by atoms with Gasteiger partial charge >= 0.3 is 0 Å². The van der Waals surface area contributed by atoms with Crippen LogP contribution in [0.4, 0.5) is 17.6 Å². The third kappa shape index (κ3) is 6.25. The van der Waals surface area contributed by atoms with Gasteiger partial charge in [0.1, 0.15) is 6.04 Å². The van der Waals surface area contributed by atoms with Crippen molar-refractivity contribution in [2.24, 2.45) is 0 Å². The highest BCUT2D eigenvalue weighted by atomic mass is 16.5. The zero-order valence-electron chi connectivity index (χ0n) is 23.2. The van der Waals surface area contributed by atoms with Crippen molar-refractivity contribution in [2.75, 3.05) is 35.7 Å². The molecule has 3 aromatic rings. The van der Waals surface area contributed by atoms with Gasteiger partial charge in [-0.3, -0.25) is 9.59 Å². The molecule has 0 aliphatic carbocycles. The fourth-order valence-corrected chi connectivity index (χ4v) is 5.27. The fraction of sp³-hybridized carbons (Fsp3) is 0.483. The Labute approximate surface area is 234 Å². The minimum absolute atomic E-state index is 0.164. The second-order valence-electron chi connectivity index (χ2n) is 10.7. The minimum Gasteiger partial charge on any atom is -0.379 e. The lowest BCUT2D eigenvalue weighted by atomic mass is 10.0. The van der Waals surface area contributed by atoms with Crippen molar-refractivity contribution in [1.82, 2.24) is 24.5 Å². The summed E-state index contributed by atoms with van der Waals surface area (Å²) in [5.74, 6) is 0.982. The Morgan fingerprint density at radius 2 is 2.08 bits per heavy atom. The molecule has 0 bridgehead atoms. The number of fused-ring (bicyclic) bond motifs is 1. The molecule has 5 rings (SSSR count). The monoisotopic (exact) mass is 546 g/mol. The molecule has 2 fully saturated rings. The van der Waals surface area contributed by atoms with Crippen LogP contribution < -0.4 is 16.0 Å². The molecule has 2 aliphatic heterocycles. The predicted molar refractivity (Wildman–Crippen MR) is 154 cm³/mol. The second kappa shape index (κ2) is 12.5. The lowest BCUT2D eigenvalue weighted by Crippen LogP contribution is -2.49. The summed E-state index contributed by atoms with van der Waals surface area (Å²) in [7, 11) is 0. The SMILES string of the molecule is C=CC(=O)N1CCCCC1C(=O)Nc1cccc(CNc2nc(NC3CCCOC3)nc3c(C(C)C)cnn23)c1. The van der Waals surface area contributed by atoms with Gasteiger partial charge in [0.2, 0.25) is 23.7 Å². The van der Waals surface area contributed by atoms with E-state index in [0.717, 1.165) is 49.1 Å². The van der Waals surface area contributed by atoms with Crippen molar-refractivity contribution in [1.29, 1.82) is 0 Å². The lowest BCUT2D eigenvalue weighted by Gasteiger charge is -2.34. The van der Waals surface area contributed by atoms with Crippen LogP contribution in [-0.4, -0.2) is 68.1 Å². The quantitative estimate of drug-likeness (QED) is 0.345. The van der Waals surface area contributed by atoms with Crippen LogP contribution in [0, 0.1) is 0 Å². The van der Waals surface area contributed by atoms with Gasteiger partial charge in [0, 0.05) is 30.9 Å². The average molecular weight is 547 g/mol. The smallest absolute Gasteiger partial charge is 0.247 e. The molecule has 0 saturated carbocycles. The number of rotatable bonds is 9. The third-order valence-electron chi connectivity index (χ3n) is 7.42. The molecule has 3 N–H and O–H groups in total. The summed E-state index contributed by atoms with van der Waals surface area (Å²) in [6.45, 7) is 10.3. The van der Waals surface area contributed by atoms with Crippen LogP contribution in [0.3, 0.4) is 0 Å². The first-order chi connectivity index (χ1) is 19.4. The largest absolute Gasteiger partial charge is 0.379 e. The number of amides is 2. The van der Waals surface area contributed by atoms with Crippen molar-refractivity contribution < 1.29 is 14.3 Å². The van der Waals surface area contributed by atoms with Gasteiger partial charge in [-0.25, -0.2) is 0 Å². The topological polar surface area (TPSA) is 126 Å². The molecule has 4 heterocycles. The number of carbonyl (C=O) groups excluding carboxylic acids is 2. The van der Waals surface area contributed by atoms with Gasteiger partial charge in [-0.1, -0.05) is 32.6 Å². The van der Waals surface area contributed by atoms with Gasteiger partial charge < -0.3 is 25.6 Å². The molecule has 40 heavy (non-hydrogen) atoms. The lowest BCUT2D eigenvalue weighted by molar-refractivity contribution is -0.136. The highest BCUT2D eigenvalue weighted by Gasteiger charge is 2.31. The number of hydrogen-bond donors (Lipinski definition) is 3. The summed E-state index contributed by atoms with van der Waals surface area (Å²) >= 11 is 0. The van der Waals surface area contributed by atoms with Gasteiger partial charge in [-0.05, 0) is 61.8 Å². The molecule has 2 aromatic heterocycles. The van der Waals surface area contributed by atoms with Crippen molar-refractivity contribution in [3.05, 3.63) is 54.2 Å². The molecule has 0 radical (unpaired) electrons. The molecular formula is C29H38N8O3.